The highest BCUT2D eigenvalue weighted by atomic mass is 79.9. The third-order valence-electron chi connectivity index (χ3n) is 2.49. The van der Waals surface area contributed by atoms with E-state index in [9.17, 15) is 9.18 Å². The van der Waals surface area contributed by atoms with E-state index < -0.39 is 0 Å². The van der Waals surface area contributed by atoms with E-state index >= 15 is 0 Å². The molecule has 0 aliphatic rings. The maximum atomic E-state index is 12.8. The largest absolute Gasteiger partial charge is 0.298 e. The van der Waals surface area contributed by atoms with Gasteiger partial charge in [0.25, 0.3) is 5.91 Å². The van der Waals surface area contributed by atoms with Crippen LogP contribution in [0.15, 0.2) is 53.8 Å². The van der Waals surface area contributed by atoms with E-state index in [1.807, 2.05) is 0 Å². The van der Waals surface area contributed by atoms with E-state index in [4.69, 9.17) is 0 Å². The van der Waals surface area contributed by atoms with Crippen LogP contribution in [-0.4, -0.2) is 10.9 Å². The number of hydrogen-bond acceptors (Lipinski definition) is 3. The van der Waals surface area contributed by atoms with Crippen LogP contribution in [0.2, 0.25) is 0 Å². The first kappa shape index (κ1) is 14.2. The number of amides is 1. The van der Waals surface area contributed by atoms with Gasteiger partial charge in [-0.25, -0.2) is 4.39 Å². The van der Waals surface area contributed by atoms with Crippen LogP contribution in [0.4, 0.5) is 4.39 Å². The van der Waals surface area contributed by atoms with E-state index in [-0.39, 0.29) is 11.7 Å². The minimum Gasteiger partial charge on any atom is -0.298 e. The van der Waals surface area contributed by atoms with E-state index in [1.165, 1.54) is 18.3 Å². The smallest absolute Gasteiger partial charge is 0.271 e. The molecule has 0 saturated carbocycles. The van der Waals surface area contributed by atoms with Gasteiger partial charge in [-0.05, 0) is 51.8 Å². The number of pyridine rings is 1. The summed E-state index contributed by atoms with van der Waals surface area (Å²) in [5, 5.41) is 0. The predicted octanol–water partition coefficient (Wildman–Crippen LogP) is 2.89. The molecule has 0 aliphatic carbocycles. The standard InChI is InChI=1S/C14H11BrFN3O/c1-9(10-2-4-13(16)5-3-10)18-19-14(20)11-6-12(15)8-17-7-11/h2-8,18H,1H2,(H,19,20). The normalized spacial score (nSPS) is 9.90. The van der Waals surface area contributed by atoms with Crippen molar-refractivity contribution in [2.75, 3.05) is 0 Å². The number of carbonyl (C=O) groups excluding carboxylic acids is 1. The molecule has 102 valence electrons. The fourth-order valence-corrected chi connectivity index (χ4v) is 1.83. The Morgan fingerprint density at radius 1 is 1.15 bits per heavy atom. The number of hydrogen-bond donors (Lipinski definition) is 2. The Hall–Kier alpha value is -2.21. The van der Waals surface area contributed by atoms with Gasteiger partial charge >= 0.3 is 0 Å². The van der Waals surface area contributed by atoms with Crippen molar-refractivity contribution < 1.29 is 9.18 Å². The summed E-state index contributed by atoms with van der Waals surface area (Å²) in [5.74, 6) is -0.673. The van der Waals surface area contributed by atoms with Gasteiger partial charge in [-0.2, -0.15) is 0 Å². The van der Waals surface area contributed by atoms with E-state index in [2.05, 4.69) is 38.3 Å². The van der Waals surface area contributed by atoms with Crippen LogP contribution in [-0.2, 0) is 0 Å². The lowest BCUT2D eigenvalue weighted by molar-refractivity contribution is 0.0942. The molecule has 1 aromatic carbocycles. The molecule has 2 N–H and O–H groups in total. The summed E-state index contributed by atoms with van der Waals surface area (Å²) in [6.45, 7) is 3.76. The Bertz CT molecular complexity index is 643. The third kappa shape index (κ3) is 3.64. The number of nitrogens with one attached hydrogen (secondary N) is 2. The molecule has 0 bridgehead atoms. The molecule has 1 amide bonds. The van der Waals surface area contributed by atoms with Crippen LogP contribution in [0, 0.1) is 5.82 Å². The van der Waals surface area contributed by atoms with E-state index in [0.29, 0.717) is 21.3 Å². The molecule has 0 unspecified atom stereocenters. The zero-order valence-corrected chi connectivity index (χ0v) is 11.9. The van der Waals surface area contributed by atoms with Crippen LogP contribution in [0.3, 0.4) is 0 Å². The number of aromatic nitrogens is 1. The number of hydrazine groups is 1. The molecular weight excluding hydrogens is 325 g/mol. The molecule has 1 aromatic heterocycles. The predicted molar refractivity (Wildman–Crippen MR) is 78.0 cm³/mol. The Morgan fingerprint density at radius 2 is 1.85 bits per heavy atom. The first-order chi connectivity index (χ1) is 9.56. The molecule has 2 aromatic rings. The van der Waals surface area contributed by atoms with Gasteiger partial charge in [0.05, 0.1) is 11.3 Å². The molecule has 2 rings (SSSR count). The highest BCUT2D eigenvalue weighted by molar-refractivity contribution is 9.10. The second-order valence-electron chi connectivity index (χ2n) is 3.96. The number of nitrogens with zero attached hydrogens (tertiary/aromatic N) is 1. The fraction of sp³-hybridized carbons (Fsp3) is 0. The summed E-state index contributed by atoms with van der Waals surface area (Å²) in [7, 11) is 0. The zero-order valence-electron chi connectivity index (χ0n) is 10.4. The van der Waals surface area contributed by atoms with Gasteiger partial charge in [0.2, 0.25) is 0 Å². The van der Waals surface area contributed by atoms with Crippen molar-refractivity contribution in [2.24, 2.45) is 0 Å². The lowest BCUT2D eigenvalue weighted by atomic mass is 10.2. The number of carbonyl (C=O) groups is 1. The summed E-state index contributed by atoms with van der Waals surface area (Å²) in [4.78, 5) is 15.8. The Labute approximate surface area is 123 Å². The van der Waals surface area contributed by atoms with Crippen LogP contribution < -0.4 is 10.9 Å². The summed E-state index contributed by atoms with van der Waals surface area (Å²) in [5.41, 5.74) is 6.71. The molecule has 0 saturated heterocycles. The molecule has 0 aliphatic heterocycles. The molecule has 0 fully saturated rings. The van der Waals surface area contributed by atoms with Gasteiger partial charge in [0.15, 0.2) is 0 Å². The summed E-state index contributed by atoms with van der Waals surface area (Å²) in [6, 6.07) is 7.42. The van der Waals surface area contributed by atoms with Gasteiger partial charge in [-0.15, -0.1) is 0 Å². The second kappa shape index (κ2) is 6.29. The van der Waals surface area contributed by atoms with Gasteiger partial charge in [0.1, 0.15) is 5.82 Å². The topological polar surface area (TPSA) is 54.0 Å². The van der Waals surface area contributed by atoms with Crippen molar-refractivity contribution in [3.05, 3.63) is 70.7 Å². The van der Waals surface area contributed by atoms with Gasteiger partial charge < -0.3 is 0 Å². The van der Waals surface area contributed by atoms with Crippen molar-refractivity contribution in [3.8, 4) is 0 Å². The highest BCUT2D eigenvalue weighted by Crippen LogP contribution is 2.11. The Kier molecular flexibility index (Phi) is 4.47. The number of halogens is 2. The number of benzene rings is 1. The average molecular weight is 336 g/mol. The van der Waals surface area contributed by atoms with Crippen molar-refractivity contribution >= 4 is 27.5 Å². The summed E-state index contributed by atoms with van der Waals surface area (Å²) < 4.78 is 13.5. The SMILES string of the molecule is C=C(NNC(=O)c1cncc(Br)c1)c1ccc(F)cc1. The molecule has 20 heavy (non-hydrogen) atoms. The third-order valence-corrected chi connectivity index (χ3v) is 2.92. The van der Waals surface area contributed by atoms with Crippen LogP contribution in [0.1, 0.15) is 15.9 Å². The molecule has 0 spiro atoms. The number of rotatable bonds is 4. The van der Waals surface area contributed by atoms with Gasteiger partial charge in [-0.1, -0.05) is 6.58 Å². The van der Waals surface area contributed by atoms with Gasteiger partial charge in [-0.3, -0.25) is 20.6 Å². The lowest BCUT2D eigenvalue weighted by Gasteiger charge is -2.11. The van der Waals surface area contributed by atoms with Crippen molar-refractivity contribution in [1.29, 1.82) is 0 Å². The molecule has 0 atom stereocenters. The van der Waals surface area contributed by atoms with Gasteiger partial charge in [0, 0.05) is 16.9 Å². The second-order valence-corrected chi connectivity index (χ2v) is 4.87. The van der Waals surface area contributed by atoms with Crippen molar-refractivity contribution in [1.82, 2.24) is 15.8 Å². The zero-order chi connectivity index (χ0) is 14.5. The highest BCUT2D eigenvalue weighted by Gasteiger charge is 2.06. The Morgan fingerprint density at radius 3 is 2.50 bits per heavy atom. The minimum absolute atomic E-state index is 0.328. The van der Waals surface area contributed by atoms with Crippen LogP contribution >= 0.6 is 15.9 Å². The quantitative estimate of drug-likeness (QED) is 0.845. The summed E-state index contributed by atoms with van der Waals surface area (Å²) in [6.07, 6.45) is 3.03. The van der Waals surface area contributed by atoms with Crippen molar-refractivity contribution in [2.45, 2.75) is 0 Å². The monoisotopic (exact) mass is 335 g/mol. The molecule has 0 radical (unpaired) electrons. The average Bonchev–Trinajstić information content (AvgIpc) is 2.45. The first-order valence-corrected chi connectivity index (χ1v) is 6.47. The molecule has 4 nitrogen and oxygen atoms in total. The fourth-order valence-electron chi connectivity index (χ4n) is 1.46. The summed E-state index contributed by atoms with van der Waals surface area (Å²) >= 11 is 3.24. The molecule has 1 heterocycles. The van der Waals surface area contributed by atoms with Crippen LogP contribution in [0.25, 0.3) is 5.70 Å². The van der Waals surface area contributed by atoms with E-state index in [0.717, 1.165) is 0 Å². The maximum Gasteiger partial charge on any atom is 0.271 e. The Balaban J connectivity index is 1.96. The molecular formula is C14H11BrFN3O. The van der Waals surface area contributed by atoms with Crippen LogP contribution in [0.5, 0.6) is 0 Å². The van der Waals surface area contributed by atoms with E-state index in [1.54, 1.807) is 24.4 Å². The maximum absolute atomic E-state index is 12.8. The van der Waals surface area contributed by atoms with Crippen molar-refractivity contribution in [3.63, 3.8) is 0 Å². The first-order valence-electron chi connectivity index (χ1n) is 5.68. The minimum atomic E-state index is -0.345. The molecule has 6 heteroatoms. The lowest BCUT2D eigenvalue weighted by Crippen LogP contribution is -2.35.